The molecule has 12 heteroatoms. The van der Waals surface area contributed by atoms with E-state index < -0.39 is 24.1 Å². The van der Waals surface area contributed by atoms with E-state index in [0.29, 0.717) is 73.5 Å². The summed E-state index contributed by atoms with van der Waals surface area (Å²) in [6.07, 6.45) is 8.81. The Hall–Kier alpha value is -2.73. The van der Waals surface area contributed by atoms with E-state index in [2.05, 4.69) is 27.9 Å². The number of nitrogens with zero attached hydrogens (tertiary/aromatic N) is 2. The van der Waals surface area contributed by atoms with Crippen LogP contribution < -0.4 is 16.0 Å². The van der Waals surface area contributed by atoms with Gasteiger partial charge in [-0.2, -0.15) is 0 Å². The predicted octanol–water partition coefficient (Wildman–Crippen LogP) is 4.33. The summed E-state index contributed by atoms with van der Waals surface area (Å²) in [4.78, 5) is 54.1. The normalized spacial score (nSPS) is 19.3. The molecule has 1 aliphatic carbocycles. The highest BCUT2D eigenvalue weighted by atomic mass is 32.1. The molecule has 1 aromatic rings. The summed E-state index contributed by atoms with van der Waals surface area (Å²) in [5.74, 6) is -0.421. The second-order valence-electron chi connectivity index (χ2n) is 10.3. The first-order chi connectivity index (χ1) is 18.8. The zero-order chi connectivity index (χ0) is 28.6. The average Bonchev–Trinajstić information content (AvgIpc) is 3.43. The molecule has 1 saturated carbocycles. The fraction of sp³-hybridized carbons (Fsp3) is 0.741. The van der Waals surface area contributed by atoms with Crippen LogP contribution in [0.15, 0.2) is 11.6 Å². The van der Waals surface area contributed by atoms with Crippen LogP contribution in [0.1, 0.15) is 85.0 Å². The summed E-state index contributed by atoms with van der Waals surface area (Å²) in [5.41, 5.74) is 0. The maximum absolute atomic E-state index is 13.8. The van der Waals surface area contributed by atoms with Gasteiger partial charge in [0, 0.05) is 18.1 Å². The maximum atomic E-state index is 13.8. The Morgan fingerprint density at radius 2 is 1.92 bits per heavy atom. The topological polar surface area (TPSA) is 150 Å². The van der Waals surface area contributed by atoms with Crippen molar-refractivity contribution >= 4 is 40.8 Å². The van der Waals surface area contributed by atoms with Crippen molar-refractivity contribution in [3.63, 3.8) is 0 Å². The monoisotopic (exact) mass is 567 g/mol. The Kier molecular flexibility index (Phi) is 14.8. The fourth-order valence-electron chi connectivity index (χ4n) is 5.13. The molecule has 0 spiro atoms. The number of hydroxylamine groups is 2. The van der Waals surface area contributed by atoms with Crippen molar-refractivity contribution in [2.45, 2.75) is 97.1 Å². The number of hydrogen-bond donors (Lipinski definition) is 4. The molecule has 3 atom stereocenters. The number of carbonyl (C=O) groups excluding carboxylic acids is 4. The molecule has 220 valence electrons. The van der Waals surface area contributed by atoms with Crippen LogP contribution in [0.2, 0.25) is 0 Å². The van der Waals surface area contributed by atoms with E-state index in [9.17, 15) is 24.4 Å². The molecular weight excluding hydrogens is 522 g/mol. The molecule has 4 amide bonds. The maximum Gasteiger partial charge on any atom is 0.407 e. The third-order valence-electron chi connectivity index (χ3n) is 7.32. The van der Waals surface area contributed by atoms with Crippen LogP contribution in [-0.4, -0.2) is 64.8 Å². The Balaban J connectivity index is 2.14. The smallest absolute Gasteiger partial charge is 0.407 e. The Bertz CT molecular complexity index is 878. The SMILES string of the molecule is CCC[C@@H]([C@@H](CC1CCC(C)CC1)C(=O)N[C@@H](CCCCNC(=O)OCC)C(=O)Nc1nccs1)N(O)C=O. The number of amides is 4. The zero-order valence-electron chi connectivity index (χ0n) is 23.4. The molecule has 2 rings (SSSR count). The number of unbranched alkanes of at least 4 members (excludes halogenated alkanes) is 1. The Morgan fingerprint density at radius 3 is 2.54 bits per heavy atom. The molecule has 0 bridgehead atoms. The lowest BCUT2D eigenvalue weighted by Crippen LogP contribution is -2.51. The molecule has 1 heterocycles. The van der Waals surface area contributed by atoms with E-state index in [-0.39, 0.29) is 18.4 Å². The zero-order valence-corrected chi connectivity index (χ0v) is 24.2. The molecule has 0 aromatic carbocycles. The lowest BCUT2D eigenvalue weighted by Gasteiger charge is -2.35. The van der Waals surface area contributed by atoms with Crippen molar-refractivity contribution in [3.8, 4) is 0 Å². The molecule has 0 saturated heterocycles. The molecule has 0 aliphatic heterocycles. The lowest BCUT2D eigenvalue weighted by atomic mass is 9.76. The van der Waals surface area contributed by atoms with E-state index in [0.717, 1.165) is 25.7 Å². The van der Waals surface area contributed by atoms with Crippen molar-refractivity contribution in [1.29, 1.82) is 0 Å². The molecule has 0 radical (unpaired) electrons. The minimum absolute atomic E-state index is 0.284. The van der Waals surface area contributed by atoms with E-state index in [4.69, 9.17) is 4.74 Å². The van der Waals surface area contributed by atoms with Gasteiger partial charge >= 0.3 is 6.09 Å². The predicted molar refractivity (Wildman–Crippen MR) is 149 cm³/mol. The molecule has 11 nitrogen and oxygen atoms in total. The summed E-state index contributed by atoms with van der Waals surface area (Å²) < 4.78 is 4.86. The van der Waals surface area contributed by atoms with E-state index in [1.165, 1.54) is 11.3 Å². The highest BCUT2D eigenvalue weighted by molar-refractivity contribution is 7.13. The number of thiazole rings is 1. The number of carbonyl (C=O) groups is 4. The largest absolute Gasteiger partial charge is 0.450 e. The minimum Gasteiger partial charge on any atom is -0.450 e. The van der Waals surface area contributed by atoms with Crippen molar-refractivity contribution < 1.29 is 29.1 Å². The van der Waals surface area contributed by atoms with Crippen LogP contribution in [0.4, 0.5) is 9.93 Å². The second-order valence-corrected chi connectivity index (χ2v) is 11.2. The van der Waals surface area contributed by atoms with Gasteiger partial charge in [0.15, 0.2) is 5.13 Å². The average molecular weight is 568 g/mol. The molecule has 1 fully saturated rings. The molecule has 1 aromatic heterocycles. The standard InChI is InChI=1S/C27H45N5O6S/c1-4-8-23(32(37)18-33)21(17-20-12-10-19(3)11-13-20)24(34)30-22(25(35)31-26-28-15-16-39-26)9-6-7-14-29-27(36)38-5-2/h15-16,18-23,37H,4-14,17H2,1-3H3,(H,29,36)(H,30,34)(H,28,31,35)/t19?,20?,21-,22+,23+/m1/s1. The van der Waals surface area contributed by atoms with Crippen LogP contribution in [-0.2, 0) is 19.1 Å². The van der Waals surface area contributed by atoms with Crippen molar-refractivity contribution in [2.24, 2.45) is 17.8 Å². The fourth-order valence-corrected chi connectivity index (χ4v) is 5.66. The Labute approximate surface area is 235 Å². The Morgan fingerprint density at radius 1 is 1.18 bits per heavy atom. The summed E-state index contributed by atoms with van der Waals surface area (Å²) in [6, 6.07) is -1.52. The van der Waals surface area contributed by atoms with Gasteiger partial charge in [0.05, 0.1) is 18.6 Å². The molecule has 4 N–H and O–H groups in total. The van der Waals surface area contributed by atoms with Gasteiger partial charge in [0.1, 0.15) is 6.04 Å². The highest BCUT2D eigenvalue weighted by Gasteiger charge is 2.36. The number of rotatable bonds is 17. The third-order valence-corrected chi connectivity index (χ3v) is 8.00. The summed E-state index contributed by atoms with van der Waals surface area (Å²) in [6.45, 7) is 6.57. The van der Waals surface area contributed by atoms with E-state index in [1.54, 1.807) is 18.5 Å². The molecule has 39 heavy (non-hydrogen) atoms. The van der Waals surface area contributed by atoms with E-state index in [1.807, 2.05) is 6.92 Å². The molecule has 0 unspecified atom stereocenters. The van der Waals surface area contributed by atoms with Crippen LogP contribution in [0.5, 0.6) is 0 Å². The first kappa shape index (κ1) is 32.5. The highest BCUT2D eigenvalue weighted by Crippen LogP contribution is 2.34. The number of alkyl carbamates (subject to hydrolysis) is 1. The minimum atomic E-state index is -0.844. The van der Waals surface area contributed by atoms with Crippen molar-refractivity contribution in [3.05, 3.63) is 11.6 Å². The van der Waals surface area contributed by atoms with Gasteiger partial charge in [-0.1, -0.05) is 46.0 Å². The third kappa shape index (κ3) is 11.5. The van der Waals surface area contributed by atoms with Gasteiger partial charge in [-0.25, -0.2) is 14.8 Å². The van der Waals surface area contributed by atoms with Crippen LogP contribution in [0.25, 0.3) is 0 Å². The number of ether oxygens (including phenoxy) is 1. The lowest BCUT2D eigenvalue weighted by molar-refractivity contribution is -0.170. The molecule has 1 aliphatic rings. The van der Waals surface area contributed by atoms with Crippen LogP contribution in [0, 0.1) is 17.8 Å². The van der Waals surface area contributed by atoms with Crippen molar-refractivity contribution in [1.82, 2.24) is 20.7 Å². The van der Waals surface area contributed by atoms with Gasteiger partial charge in [0.2, 0.25) is 18.2 Å². The van der Waals surface area contributed by atoms with Gasteiger partial charge in [-0.05, 0) is 50.9 Å². The van der Waals surface area contributed by atoms with Gasteiger partial charge in [0.25, 0.3) is 0 Å². The van der Waals surface area contributed by atoms with Crippen LogP contribution >= 0.6 is 11.3 Å². The molecular formula is C27H45N5O6S. The van der Waals surface area contributed by atoms with Gasteiger partial charge in [-0.15, -0.1) is 11.3 Å². The quantitative estimate of drug-likeness (QED) is 0.0947. The first-order valence-electron chi connectivity index (χ1n) is 14.1. The first-order valence-corrected chi connectivity index (χ1v) is 15.0. The summed E-state index contributed by atoms with van der Waals surface area (Å²) in [5, 5.41) is 21.5. The van der Waals surface area contributed by atoms with Crippen molar-refractivity contribution in [2.75, 3.05) is 18.5 Å². The summed E-state index contributed by atoms with van der Waals surface area (Å²) in [7, 11) is 0. The van der Waals surface area contributed by atoms with Gasteiger partial charge in [-0.3, -0.25) is 19.6 Å². The number of nitrogens with one attached hydrogen (secondary N) is 3. The summed E-state index contributed by atoms with van der Waals surface area (Å²) >= 11 is 1.28. The van der Waals surface area contributed by atoms with E-state index >= 15 is 0 Å². The number of hydrogen-bond acceptors (Lipinski definition) is 8. The van der Waals surface area contributed by atoms with Crippen LogP contribution in [0.3, 0.4) is 0 Å². The number of aromatic nitrogens is 1. The number of anilines is 1. The van der Waals surface area contributed by atoms with Gasteiger partial charge < -0.3 is 20.7 Å². The second kappa shape index (κ2) is 17.8.